The highest BCUT2D eigenvalue weighted by atomic mass is 19.4. The van der Waals surface area contributed by atoms with Gasteiger partial charge in [-0.2, -0.15) is 26.3 Å². The summed E-state index contributed by atoms with van der Waals surface area (Å²) in [5, 5.41) is 11.5. The van der Waals surface area contributed by atoms with Gasteiger partial charge in [-0.15, -0.1) is 0 Å². The van der Waals surface area contributed by atoms with Gasteiger partial charge in [-0.25, -0.2) is 18.0 Å². The van der Waals surface area contributed by atoms with Gasteiger partial charge in [0.05, 0.1) is 24.3 Å². The lowest BCUT2D eigenvalue weighted by Gasteiger charge is -2.38. The number of hydrogen-bond donors (Lipinski definition) is 2. The molecule has 17 heteroatoms. The quantitative estimate of drug-likeness (QED) is 0.345. The van der Waals surface area contributed by atoms with Crippen LogP contribution < -0.4 is 15.8 Å². The molecule has 2 heterocycles. The van der Waals surface area contributed by atoms with Crippen LogP contribution in [-0.4, -0.2) is 59.6 Å². The molecule has 46 heavy (non-hydrogen) atoms. The number of nitrogens with one attached hydrogen (secondary N) is 1. The number of carbonyl (C=O) groups excluding carboxylic acids is 1. The number of ether oxygens (including phenoxy) is 1. The molecule has 1 amide bonds. The summed E-state index contributed by atoms with van der Waals surface area (Å²) in [6.07, 6.45) is -10.6. The lowest BCUT2D eigenvalue weighted by atomic mass is 9.96. The summed E-state index contributed by atoms with van der Waals surface area (Å²) in [7, 11) is 1.19. The normalized spacial score (nSPS) is 16.3. The number of hydrogen-bond acceptors (Lipinski definition) is 5. The third-order valence-electron chi connectivity index (χ3n) is 7.41. The number of benzene rings is 2. The second-order valence-corrected chi connectivity index (χ2v) is 10.4. The summed E-state index contributed by atoms with van der Waals surface area (Å²) < 4.78 is 132. The van der Waals surface area contributed by atoms with Crippen molar-refractivity contribution in [3.05, 3.63) is 86.6 Å². The fourth-order valence-corrected chi connectivity index (χ4v) is 4.99. The van der Waals surface area contributed by atoms with Crippen molar-refractivity contribution in [2.45, 2.75) is 37.8 Å². The van der Waals surface area contributed by atoms with Crippen molar-refractivity contribution in [1.29, 1.82) is 0 Å². The molecule has 4 rings (SSSR count). The number of aromatic nitrogens is 1. The third kappa shape index (κ3) is 6.98. The summed E-state index contributed by atoms with van der Waals surface area (Å²) in [5.74, 6) is -7.87. The van der Waals surface area contributed by atoms with Crippen LogP contribution in [0.5, 0.6) is 0 Å². The van der Waals surface area contributed by atoms with Crippen molar-refractivity contribution < 1.29 is 58.9 Å². The molecule has 0 spiro atoms. The van der Waals surface area contributed by atoms with E-state index in [2.05, 4.69) is 0 Å². The van der Waals surface area contributed by atoms with Gasteiger partial charge in [-0.1, -0.05) is 12.1 Å². The van der Waals surface area contributed by atoms with Gasteiger partial charge in [-0.3, -0.25) is 9.59 Å². The van der Waals surface area contributed by atoms with Crippen molar-refractivity contribution in [2.24, 2.45) is 7.05 Å². The molecule has 8 nitrogen and oxygen atoms in total. The highest BCUT2D eigenvalue weighted by Crippen LogP contribution is 2.37. The van der Waals surface area contributed by atoms with Crippen LogP contribution in [-0.2, 0) is 29.2 Å². The molecule has 0 radical (unpaired) electrons. The maximum absolute atomic E-state index is 15.2. The molecule has 3 aromatic rings. The molecule has 2 aromatic carbocycles. The van der Waals surface area contributed by atoms with Crippen LogP contribution in [0.15, 0.2) is 41.2 Å². The first-order valence-corrected chi connectivity index (χ1v) is 13.3. The minimum absolute atomic E-state index is 0.0488. The molecule has 0 bridgehead atoms. The van der Waals surface area contributed by atoms with Gasteiger partial charge in [0.1, 0.15) is 35.1 Å². The molecule has 0 aliphatic carbocycles. The Kier molecular flexibility index (Phi) is 9.47. The van der Waals surface area contributed by atoms with Gasteiger partial charge < -0.3 is 24.6 Å². The van der Waals surface area contributed by atoms with E-state index in [-0.39, 0.29) is 24.4 Å². The Morgan fingerprint density at radius 3 is 2.20 bits per heavy atom. The van der Waals surface area contributed by atoms with Crippen LogP contribution >= 0.6 is 0 Å². The molecular formula is C29H24F9N3O5. The number of carbonyl (C=O) groups is 2. The summed E-state index contributed by atoms with van der Waals surface area (Å²) >= 11 is 0. The van der Waals surface area contributed by atoms with Gasteiger partial charge in [-0.05, 0) is 36.8 Å². The van der Waals surface area contributed by atoms with Crippen LogP contribution in [0.3, 0.4) is 0 Å². The number of alkyl halides is 6. The van der Waals surface area contributed by atoms with E-state index in [0.717, 1.165) is 16.7 Å². The Labute approximate surface area is 254 Å². The first-order chi connectivity index (χ1) is 21.3. The van der Waals surface area contributed by atoms with E-state index in [1.165, 1.54) is 14.0 Å². The zero-order chi connectivity index (χ0) is 34.3. The first kappa shape index (κ1) is 34.3. The molecule has 2 unspecified atom stereocenters. The lowest BCUT2D eigenvalue weighted by molar-refractivity contribution is -0.167. The molecule has 248 valence electrons. The average molecular weight is 666 g/mol. The Bertz CT molecular complexity index is 1710. The highest BCUT2D eigenvalue weighted by Gasteiger charge is 2.46. The fourth-order valence-electron chi connectivity index (χ4n) is 4.99. The standard InChI is InChI=1S/C29H24F9N3O5/c1-13-7-17(28(33,34)35)23(26(43)40(13)2)16-4-3-14(8-18(16)30)9-21(27(44)45)39-25(42)24-19(31)10-15(11-20(24)32)41-5-6-46-12-22(41)29(36,37)38/h3-4,7-8,10-11,21-22H,5-6,9,12H2,1-2H3,(H,39,42)(H,44,45). The van der Waals surface area contributed by atoms with E-state index >= 15 is 4.39 Å². The maximum Gasteiger partial charge on any atom is 0.417 e. The number of aliphatic carboxylic acids is 1. The van der Waals surface area contributed by atoms with Crippen LogP contribution in [0.2, 0.25) is 0 Å². The summed E-state index contributed by atoms with van der Waals surface area (Å²) in [5.41, 5.74) is -6.34. The summed E-state index contributed by atoms with van der Waals surface area (Å²) in [6, 6.07) is -0.0698. The van der Waals surface area contributed by atoms with Crippen LogP contribution in [0.1, 0.15) is 27.2 Å². The number of amides is 1. The third-order valence-corrected chi connectivity index (χ3v) is 7.41. The molecule has 1 fully saturated rings. The van der Waals surface area contributed by atoms with Crippen LogP contribution in [0.25, 0.3) is 11.1 Å². The Morgan fingerprint density at radius 2 is 1.65 bits per heavy atom. The Hall–Kier alpha value is -4.54. The summed E-state index contributed by atoms with van der Waals surface area (Å²) in [6.45, 7) is -0.103. The lowest BCUT2D eigenvalue weighted by Crippen LogP contribution is -2.53. The highest BCUT2D eigenvalue weighted by molar-refractivity contribution is 5.97. The van der Waals surface area contributed by atoms with Crippen LogP contribution in [0, 0.1) is 24.4 Å². The zero-order valence-electron chi connectivity index (χ0n) is 23.8. The van der Waals surface area contributed by atoms with E-state index in [4.69, 9.17) is 4.74 Å². The monoisotopic (exact) mass is 665 g/mol. The fraction of sp³-hybridized carbons (Fsp3) is 0.345. The van der Waals surface area contributed by atoms with Gasteiger partial charge in [0.2, 0.25) is 0 Å². The number of carboxylic acid groups (broad SMARTS) is 1. The number of pyridine rings is 1. The smallest absolute Gasteiger partial charge is 0.417 e. The average Bonchev–Trinajstić information content (AvgIpc) is 2.94. The predicted octanol–water partition coefficient (Wildman–Crippen LogP) is 4.99. The van der Waals surface area contributed by atoms with E-state index in [1.54, 1.807) is 0 Å². The Morgan fingerprint density at radius 1 is 1.02 bits per heavy atom. The van der Waals surface area contributed by atoms with E-state index in [9.17, 15) is 54.6 Å². The first-order valence-electron chi connectivity index (χ1n) is 13.3. The van der Waals surface area contributed by atoms with E-state index < -0.39 is 100 Å². The van der Waals surface area contributed by atoms with Gasteiger partial charge in [0.15, 0.2) is 0 Å². The molecule has 1 aromatic heterocycles. The zero-order valence-corrected chi connectivity index (χ0v) is 23.8. The SMILES string of the molecule is Cc1cc(C(F)(F)F)c(-c2ccc(CC(NC(=O)c3c(F)cc(N4CCOCC4C(F)(F)F)cc3F)C(=O)O)cc2F)c(=O)n1C. The minimum Gasteiger partial charge on any atom is -0.480 e. The molecule has 1 saturated heterocycles. The minimum atomic E-state index is -5.03. The number of halogens is 9. The molecule has 2 N–H and O–H groups in total. The van der Waals surface area contributed by atoms with Crippen molar-refractivity contribution in [2.75, 3.05) is 24.7 Å². The number of rotatable bonds is 7. The van der Waals surface area contributed by atoms with Crippen molar-refractivity contribution in [3.8, 4) is 11.1 Å². The van der Waals surface area contributed by atoms with Crippen molar-refractivity contribution in [3.63, 3.8) is 0 Å². The topological polar surface area (TPSA) is 101 Å². The number of anilines is 1. The van der Waals surface area contributed by atoms with Gasteiger partial charge >= 0.3 is 18.3 Å². The second-order valence-electron chi connectivity index (χ2n) is 10.4. The molecule has 1 aliphatic heterocycles. The summed E-state index contributed by atoms with van der Waals surface area (Å²) in [4.78, 5) is 38.0. The number of aryl methyl sites for hydroxylation is 1. The Balaban J connectivity index is 1.60. The van der Waals surface area contributed by atoms with E-state index in [0.29, 0.717) is 29.2 Å². The number of morpholine rings is 1. The molecular weight excluding hydrogens is 641 g/mol. The molecule has 0 saturated carbocycles. The van der Waals surface area contributed by atoms with Gasteiger partial charge in [0, 0.05) is 37.0 Å². The number of nitrogens with zero attached hydrogens (tertiary/aromatic N) is 2. The molecule has 1 aliphatic rings. The maximum atomic E-state index is 15.2. The number of carboxylic acids is 1. The van der Waals surface area contributed by atoms with Crippen LogP contribution in [0.4, 0.5) is 45.2 Å². The van der Waals surface area contributed by atoms with Crippen molar-refractivity contribution in [1.82, 2.24) is 9.88 Å². The molecule has 2 atom stereocenters. The van der Waals surface area contributed by atoms with Crippen molar-refractivity contribution >= 4 is 17.6 Å². The van der Waals surface area contributed by atoms with E-state index in [1.807, 2.05) is 5.32 Å². The largest absolute Gasteiger partial charge is 0.480 e. The predicted molar refractivity (Wildman–Crippen MR) is 144 cm³/mol. The van der Waals surface area contributed by atoms with Gasteiger partial charge in [0.25, 0.3) is 11.5 Å². The second kappa shape index (κ2) is 12.7.